The van der Waals surface area contributed by atoms with E-state index in [4.69, 9.17) is 16.3 Å². The van der Waals surface area contributed by atoms with Crippen molar-refractivity contribution in [2.45, 2.75) is 58.6 Å². The molecule has 1 aliphatic heterocycles. The van der Waals surface area contributed by atoms with Crippen molar-refractivity contribution in [3.8, 4) is 0 Å². The van der Waals surface area contributed by atoms with Gasteiger partial charge >= 0.3 is 0 Å². The van der Waals surface area contributed by atoms with Crippen molar-refractivity contribution in [1.29, 1.82) is 0 Å². The Hall–Kier alpha value is -1.26. The van der Waals surface area contributed by atoms with Crippen LogP contribution in [0.25, 0.3) is 0 Å². The van der Waals surface area contributed by atoms with Gasteiger partial charge in [-0.05, 0) is 64.1 Å². The van der Waals surface area contributed by atoms with Gasteiger partial charge < -0.3 is 15.4 Å². The number of ether oxygens (including phenoxy) is 1. The fourth-order valence-corrected chi connectivity index (χ4v) is 2.67. The fourth-order valence-electron chi connectivity index (χ4n) is 2.33. The van der Waals surface area contributed by atoms with E-state index in [1.54, 1.807) is 6.20 Å². The maximum Gasteiger partial charge on any atom is 0.0998 e. The van der Waals surface area contributed by atoms with E-state index in [1.807, 2.05) is 13.3 Å². The van der Waals surface area contributed by atoms with E-state index >= 15 is 0 Å². The van der Waals surface area contributed by atoms with Crippen LogP contribution < -0.4 is 10.6 Å². The molecule has 5 heteroatoms. The topological polar surface area (TPSA) is 46.2 Å². The first-order chi connectivity index (χ1) is 10.9. The van der Waals surface area contributed by atoms with Crippen LogP contribution in [0.5, 0.6) is 0 Å². The molecule has 1 aromatic heterocycles. The zero-order valence-electron chi connectivity index (χ0n) is 14.6. The van der Waals surface area contributed by atoms with Crippen LogP contribution in [0, 0.1) is 0 Å². The minimum absolute atomic E-state index is 0.0113. The molecular weight excluding hydrogens is 310 g/mol. The molecule has 2 N–H and O–H groups in total. The number of hydrogen-bond acceptors (Lipinski definition) is 4. The van der Waals surface area contributed by atoms with Crippen LogP contribution in [0.2, 0.25) is 5.02 Å². The van der Waals surface area contributed by atoms with Gasteiger partial charge in [0.05, 0.1) is 34.5 Å². The number of fused-ring (bicyclic) bond motifs is 1. The molecule has 3 rings (SSSR count). The highest BCUT2D eigenvalue weighted by atomic mass is 35.5. The van der Waals surface area contributed by atoms with E-state index in [9.17, 15) is 0 Å². The summed E-state index contributed by atoms with van der Waals surface area (Å²) in [7, 11) is 1.86. The average molecular weight is 338 g/mol. The van der Waals surface area contributed by atoms with Crippen molar-refractivity contribution in [2.24, 2.45) is 0 Å². The van der Waals surface area contributed by atoms with Gasteiger partial charge in [-0.1, -0.05) is 11.6 Å². The van der Waals surface area contributed by atoms with Gasteiger partial charge in [-0.3, -0.25) is 4.98 Å². The van der Waals surface area contributed by atoms with Crippen LogP contribution in [0.4, 0.5) is 5.69 Å². The number of nitrogens with one attached hydrogen (secondary N) is 2. The second kappa shape index (κ2) is 8.02. The highest BCUT2D eigenvalue weighted by molar-refractivity contribution is 6.34. The molecule has 0 bridgehead atoms. The Bertz CT molecular complexity index is 558. The quantitative estimate of drug-likeness (QED) is 0.790. The van der Waals surface area contributed by atoms with E-state index in [-0.39, 0.29) is 5.60 Å². The first kappa shape index (κ1) is 18.1. The van der Waals surface area contributed by atoms with E-state index in [0.29, 0.717) is 0 Å². The predicted molar refractivity (Wildman–Crippen MR) is 97.0 cm³/mol. The molecule has 2 heterocycles. The maximum absolute atomic E-state index is 6.20. The summed E-state index contributed by atoms with van der Waals surface area (Å²) in [5.74, 6) is 0. The average Bonchev–Trinajstić information content (AvgIpc) is 2.46. The van der Waals surface area contributed by atoms with E-state index in [1.165, 1.54) is 30.4 Å². The van der Waals surface area contributed by atoms with Gasteiger partial charge in [0, 0.05) is 13.6 Å². The van der Waals surface area contributed by atoms with Crippen molar-refractivity contribution in [1.82, 2.24) is 10.3 Å². The number of anilines is 1. The van der Waals surface area contributed by atoms with E-state index < -0.39 is 0 Å². The number of rotatable bonds is 2. The molecule has 0 saturated heterocycles. The van der Waals surface area contributed by atoms with Crippen molar-refractivity contribution in [3.63, 3.8) is 0 Å². The predicted octanol–water partition coefficient (Wildman–Crippen LogP) is 4.29. The van der Waals surface area contributed by atoms with Gasteiger partial charge in [0.2, 0.25) is 0 Å². The van der Waals surface area contributed by atoms with Gasteiger partial charge in [0.15, 0.2) is 0 Å². The third-order valence-corrected chi connectivity index (χ3v) is 4.32. The minimum Gasteiger partial charge on any atom is -0.496 e. The largest absolute Gasteiger partial charge is 0.496 e. The number of pyridine rings is 1. The molecule has 128 valence electrons. The van der Waals surface area contributed by atoms with E-state index in [0.717, 1.165) is 35.9 Å². The summed E-state index contributed by atoms with van der Waals surface area (Å²) in [6.07, 6.45) is 8.53. The van der Waals surface area contributed by atoms with Gasteiger partial charge in [-0.15, -0.1) is 0 Å². The SMILES string of the molecule is CC(C)(C)OC=C1CCC1.CNc1cnc2c(c1Cl)CCNC2. The van der Waals surface area contributed by atoms with Crippen LogP contribution in [0.3, 0.4) is 0 Å². The Morgan fingerprint density at radius 3 is 2.61 bits per heavy atom. The number of halogens is 1. The van der Waals surface area contributed by atoms with Crippen LogP contribution in [0.1, 0.15) is 51.3 Å². The molecule has 0 radical (unpaired) electrons. The first-order valence-electron chi connectivity index (χ1n) is 8.31. The van der Waals surface area contributed by atoms with Gasteiger partial charge in [0.1, 0.15) is 0 Å². The monoisotopic (exact) mass is 337 g/mol. The third-order valence-electron chi connectivity index (χ3n) is 3.89. The summed E-state index contributed by atoms with van der Waals surface area (Å²) in [4.78, 5) is 4.34. The smallest absolute Gasteiger partial charge is 0.0998 e. The molecule has 0 aromatic carbocycles. The number of aromatic nitrogens is 1. The number of hydrogen-bond donors (Lipinski definition) is 2. The second-order valence-corrected chi connectivity index (χ2v) is 7.33. The molecule has 1 aliphatic carbocycles. The Kier molecular flexibility index (Phi) is 6.31. The minimum atomic E-state index is -0.0113. The van der Waals surface area contributed by atoms with Crippen LogP contribution in [0.15, 0.2) is 18.0 Å². The Balaban J connectivity index is 0.000000174. The zero-order valence-corrected chi connectivity index (χ0v) is 15.4. The highest BCUT2D eigenvalue weighted by Gasteiger charge is 2.15. The van der Waals surface area contributed by atoms with Crippen molar-refractivity contribution < 1.29 is 4.74 Å². The lowest BCUT2D eigenvalue weighted by Crippen LogP contribution is -2.25. The van der Waals surface area contributed by atoms with Crippen molar-refractivity contribution in [3.05, 3.63) is 34.3 Å². The van der Waals surface area contributed by atoms with Crippen LogP contribution in [-0.2, 0) is 17.7 Å². The molecule has 23 heavy (non-hydrogen) atoms. The summed E-state index contributed by atoms with van der Waals surface area (Å²) >= 11 is 6.20. The third kappa shape index (κ3) is 5.40. The summed E-state index contributed by atoms with van der Waals surface area (Å²) in [6, 6.07) is 0. The zero-order chi connectivity index (χ0) is 16.9. The number of nitrogens with zero attached hydrogens (tertiary/aromatic N) is 1. The lowest BCUT2D eigenvalue weighted by Gasteiger charge is -2.22. The Morgan fingerprint density at radius 1 is 1.30 bits per heavy atom. The Labute approximate surface area is 144 Å². The molecule has 1 saturated carbocycles. The molecule has 0 spiro atoms. The second-order valence-electron chi connectivity index (χ2n) is 6.95. The molecule has 1 fully saturated rings. The molecule has 2 aliphatic rings. The lowest BCUT2D eigenvalue weighted by atomic mass is 9.94. The van der Waals surface area contributed by atoms with Gasteiger partial charge in [-0.25, -0.2) is 0 Å². The van der Waals surface area contributed by atoms with Crippen molar-refractivity contribution in [2.75, 3.05) is 18.9 Å². The lowest BCUT2D eigenvalue weighted by molar-refractivity contribution is 0.0732. The standard InChI is InChI=1S/C9H12ClN3.C9H16O/c1-11-8-5-13-7-4-12-3-2-6(7)9(8)10;1-9(2,3)10-7-8-5-4-6-8/h5,11-12H,2-4H2,1H3;7H,4-6H2,1-3H3. The molecule has 0 unspecified atom stereocenters. The summed E-state index contributed by atoms with van der Waals surface area (Å²) in [5.41, 5.74) is 4.64. The highest BCUT2D eigenvalue weighted by Crippen LogP contribution is 2.28. The molecule has 0 atom stereocenters. The van der Waals surface area contributed by atoms with Crippen molar-refractivity contribution >= 4 is 17.3 Å². The molecule has 4 nitrogen and oxygen atoms in total. The maximum atomic E-state index is 6.20. The van der Waals surface area contributed by atoms with Crippen LogP contribution in [-0.4, -0.2) is 24.2 Å². The summed E-state index contributed by atoms with van der Waals surface area (Å²) in [5, 5.41) is 7.12. The normalized spacial score (nSPS) is 16.5. The summed E-state index contributed by atoms with van der Waals surface area (Å²) < 4.78 is 5.47. The number of allylic oxidation sites excluding steroid dienone is 1. The molecular formula is C18H28ClN3O. The fraction of sp³-hybridized carbons (Fsp3) is 0.611. The van der Waals surface area contributed by atoms with E-state index in [2.05, 4.69) is 36.4 Å². The molecule has 1 aromatic rings. The molecule has 0 amide bonds. The Morgan fingerprint density at radius 2 is 2.04 bits per heavy atom. The van der Waals surface area contributed by atoms with Crippen LogP contribution >= 0.6 is 11.6 Å². The first-order valence-corrected chi connectivity index (χ1v) is 8.69. The summed E-state index contributed by atoms with van der Waals surface area (Å²) in [6.45, 7) is 8.04. The van der Waals surface area contributed by atoms with Gasteiger partial charge in [0.25, 0.3) is 0 Å². The van der Waals surface area contributed by atoms with Gasteiger partial charge in [-0.2, -0.15) is 0 Å².